The van der Waals surface area contributed by atoms with Gasteiger partial charge in [-0.15, -0.1) is 0 Å². The minimum Gasteiger partial charge on any atom is -0.478 e. The van der Waals surface area contributed by atoms with E-state index in [0.717, 1.165) is 18.9 Å². The predicted molar refractivity (Wildman–Crippen MR) is 68.2 cm³/mol. The van der Waals surface area contributed by atoms with Gasteiger partial charge in [-0.2, -0.15) is 0 Å². The zero-order valence-corrected chi connectivity index (χ0v) is 10.4. The largest absolute Gasteiger partial charge is 0.478 e. The second-order valence-corrected chi connectivity index (χ2v) is 4.03. The van der Waals surface area contributed by atoms with Crippen molar-refractivity contribution in [2.75, 3.05) is 11.9 Å². The van der Waals surface area contributed by atoms with Crippen molar-refractivity contribution in [3.8, 4) is 0 Å². The first-order valence-electron chi connectivity index (χ1n) is 5.73. The minimum atomic E-state index is -1.17. The molecule has 6 nitrogen and oxygen atoms in total. The number of benzene rings is 1. The van der Waals surface area contributed by atoms with Gasteiger partial charge in [0.15, 0.2) is 0 Å². The minimum absolute atomic E-state index is 0.0692. The molecule has 0 atom stereocenters. The van der Waals surface area contributed by atoms with Crippen LogP contribution in [-0.2, 0) is 0 Å². The lowest BCUT2D eigenvalue weighted by atomic mass is 10.1. The molecule has 6 heteroatoms. The number of nitro groups is 1. The molecule has 2 N–H and O–H groups in total. The van der Waals surface area contributed by atoms with Crippen LogP contribution >= 0.6 is 0 Å². The monoisotopic (exact) mass is 252 g/mol. The van der Waals surface area contributed by atoms with E-state index in [2.05, 4.69) is 5.32 Å². The van der Waals surface area contributed by atoms with Crippen LogP contribution in [0, 0.1) is 17.0 Å². The molecule has 0 aliphatic heterocycles. The number of carboxylic acid groups (broad SMARTS) is 1. The Labute approximate surface area is 105 Å². The Bertz CT molecular complexity index is 471. The van der Waals surface area contributed by atoms with Crippen LogP contribution < -0.4 is 5.32 Å². The van der Waals surface area contributed by atoms with Crippen molar-refractivity contribution in [3.63, 3.8) is 0 Å². The number of unbranched alkanes of at least 4 members (excludes halogenated alkanes) is 1. The zero-order chi connectivity index (χ0) is 13.7. The van der Waals surface area contributed by atoms with Crippen molar-refractivity contribution in [2.24, 2.45) is 0 Å². The topological polar surface area (TPSA) is 92.5 Å². The molecule has 0 aliphatic carbocycles. The third-order valence-electron chi connectivity index (χ3n) is 2.59. The van der Waals surface area contributed by atoms with Gasteiger partial charge in [0, 0.05) is 12.6 Å². The number of rotatable bonds is 6. The highest BCUT2D eigenvalue weighted by atomic mass is 16.6. The Kier molecular flexibility index (Phi) is 4.65. The SMILES string of the molecule is CCCCNc1c(C)cc(C(=O)O)cc1[N+](=O)[O-]. The van der Waals surface area contributed by atoms with Crippen LogP contribution in [0.1, 0.15) is 35.7 Å². The van der Waals surface area contributed by atoms with Gasteiger partial charge in [0.25, 0.3) is 5.69 Å². The van der Waals surface area contributed by atoms with Crippen molar-refractivity contribution >= 4 is 17.3 Å². The summed E-state index contributed by atoms with van der Waals surface area (Å²) in [5.74, 6) is -1.17. The highest BCUT2D eigenvalue weighted by Crippen LogP contribution is 2.29. The van der Waals surface area contributed by atoms with E-state index in [9.17, 15) is 14.9 Å². The molecule has 1 aromatic rings. The van der Waals surface area contributed by atoms with Crippen molar-refractivity contribution in [1.29, 1.82) is 0 Å². The van der Waals surface area contributed by atoms with Crippen LogP contribution in [0.15, 0.2) is 12.1 Å². The number of carbonyl (C=O) groups is 1. The highest BCUT2D eigenvalue weighted by Gasteiger charge is 2.19. The van der Waals surface area contributed by atoms with E-state index in [4.69, 9.17) is 5.11 Å². The van der Waals surface area contributed by atoms with Crippen molar-refractivity contribution < 1.29 is 14.8 Å². The molecule has 0 unspecified atom stereocenters. The predicted octanol–water partition coefficient (Wildman–Crippen LogP) is 2.81. The van der Waals surface area contributed by atoms with Gasteiger partial charge in [0.05, 0.1) is 10.5 Å². The Hall–Kier alpha value is -2.11. The molecule has 0 spiro atoms. The summed E-state index contributed by atoms with van der Waals surface area (Å²) in [6, 6.07) is 2.52. The molecule has 0 saturated carbocycles. The van der Waals surface area contributed by atoms with E-state index in [1.807, 2.05) is 6.92 Å². The summed E-state index contributed by atoms with van der Waals surface area (Å²) >= 11 is 0. The maximum atomic E-state index is 11.0. The highest BCUT2D eigenvalue weighted by molar-refractivity contribution is 5.90. The Morgan fingerprint density at radius 2 is 2.17 bits per heavy atom. The Morgan fingerprint density at radius 3 is 2.67 bits per heavy atom. The van der Waals surface area contributed by atoms with E-state index in [-0.39, 0.29) is 11.3 Å². The van der Waals surface area contributed by atoms with E-state index < -0.39 is 10.9 Å². The second-order valence-electron chi connectivity index (χ2n) is 4.03. The molecule has 1 aromatic carbocycles. The van der Waals surface area contributed by atoms with Gasteiger partial charge in [0.1, 0.15) is 5.69 Å². The van der Waals surface area contributed by atoms with Crippen LogP contribution in [0.5, 0.6) is 0 Å². The van der Waals surface area contributed by atoms with Crippen molar-refractivity contribution in [1.82, 2.24) is 0 Å². The van der Waals surface area contributed by atoms with Gasteiger partial charge in [-0.3, -0.25) is 10.1 Å². The summed E-state index contributed by atoms with van der Waals surface area (Å²) in [6.45, 7) is 4.31. The Balaban J connectivity index is 3.15. The first kappa shape index (κ1) is 14.0. The number of hydrogen-bond acceptors (Lipinski definition) is 4. The number of nitrogens with zero attached hydrogens (tertiary/aromatic N) is 1. The molecule has 0 radical (unpaired) electrons. The fourth-order valence-corrected chi connectivity index (χ4v) is 1.66. The number of nitro benzene ring substituents is 1. The number of hydrogen-bond donors (Lipinski definition) is 2. The van der Waals surface area contributed by atoms with Crippen LogP contribution in [-0.4, -0.2) is 22.5 Å². The lowest BCUT2D eigenvalue weighted by Gasteiger charge is -2.10. The van der Waals surface area contributed by atoms with Gasteiger partial charge >= 0.3 is 5.97 Å². The fourth-order valence-electron chi connectivity index (χ4n) is 1.66. The lowest BCUT2D eigenvalue weighted by molar-refractivity contribution is -0.384. The standard InChI is InChI=1S/C12H16N2O4/c1-3-4-5-13-11-8(2)6-9(12(15)16)7-10(11)14(17)18/h6-7,13H,3-5H2,1-2H3,(H,15,16). The van der Waals surface area contributed by atoms with E-state index in [1.165, 1.54) is 6.07 Å². The molecule has 98 valence electrons. The van der Waals surface area contributed by atoms with Crippen LogP contribution in [0.25, 0.3) is 0 Å². The molecular weight excluding hydrogens is 236 g/mol. The summed E-state index contributed by atoms with van der Waals surface area (Å²) in [6.07, 6.45) is 1.88. The van der Waals surface area contributed by atoms with Gasteiger partial charge in [-0.1, -0.05) is 13.3 Å². The quantitative estimate of drug-likeness (QED) is 0.461. The number of aromatic carboxylic acids is 1. The molecular formula is C12H16N2O4. The van der Waals surface area contributed by atoms with E-state index in [1.54, 1.807) is 6.92 Å². The van der Waals surface area contributed by atoms with Gasteiger partial charge in [-0.25, -0.2) is 4.79 Å². The number of anilines is 1. The molecule has 0 bridgehead atoms. The molecule has 0 saturated heterocycles. The third kappa shape index (κ3) is 3.19. The van der Waals surface area contributed by atoms with Gasteiger partial charge in [-0.05, 0) is 25.0 Å². The van der Waals surface area contributed by atoms with Crippen molar-refractivity contribution in [2.45, 2.75) is 26.7 Å². The molecule has 1 rings (SSSR count). The molecule has 18 heavy (non-hydrogen) atoms. The first-order valence-corrected chi connectivity index (χ1v) is 5.73. The lowest BCUT2D eigenvalue weighted by Crippen LogP contribution is -2.08. The summed E-state index contributed by atoms with van der Waals surface area (Å²) in [4.78, 5) is 21.2. The van der Waals surface area contributed by atoms with Crippen molar-refractivity contribution in [3.05, 3.63) is 33.4 Å². The summed E-state index contributed by atoms with van der Waals surface area (Å²) in [7, 11) is 0. The maximum absolute atomic E-state index is 11.0. The van der Waals surface area contributed by atoms with E-state index in [0.29, 0.717) is 17.8 Å². The molecule has 0 aromatic heterocycles. The Morgan fingerprint density at radius 1 is 1.50 bits per heavy atom. The number of aryl methyl sites for hydroxylation is 1. The number of carboxylic acids is 1. The molecule has 0 heterocycles. The van der Waals surface area contributed by atoms with Crippen LogP contribution in [0.3, 0.4) is 0 Å². The fraction of sp³-hybridized carbons (Fsp3) is 0.417. The van der Waals surface area contributed by atoms with Crippen LogP contribution in [0.4, 0.5) is 11.4 Å². The molecule has 0 fully saturated rings. The summed E-state index contributed by atoms with van der Waals surface area (Å²) in [5, 5.41) is 22.8. The number of nitrogens with one attached hydrogen (secondary N) is 1. The first-order chi connectivity index (χ1) is 8.47. The zero-order valence-electron chi connectivity index (χ0n) is 10.4. The summed E-state index contributed by atoms with van der Waals surface area (Å²) in [5.41, 5.74) is 0.708. The maximum Gasteiger partial charge on any atom is 0.335 e. The van der Waals surface area contributed by atoms with Gasteiger partial charge in [0.2, 0.25) is 0 Å². The third-order valence-corrected chi connectivity index (χ3v) is 2.59. The molecule has 0 aliphatic rings. The second kappa shape index (κ2) is 6.00. The molecule has 0 amide bonds. The van der Waals surface area contributed by atoms with Crippen LogP contribution in [0.2, 0.25) is 0 Å². The summed E-state index contributed by atoms with van der Waals surface area (Å²) < 4.78 is 0. The average molecular weight is 252 g/mol. The smallest absolute Gasteiger partial charge is 0.335 e. The normalized spacial score (nSPS) is 10.1. The van der Waals surface area contributed by atoms with Gasteiger partial charge < -0.3 is 10.4 Å². The van der Waals surface area contributed by atoms with E-state index >= 15 is 0 Å². The average Bonchev–Trinajstić information content (AvgIpc) is 2.30.